The third-order valence-corrected chi connectivity index (χ3v) is 4.41. The summed E-state index contributed by atoms with van der Waals surface area (Å²) in [6.45, 7) is 8.17. The summed E-state index contributed by atoms with van der Waals surface area (Å²) in [6.07, 6.45) is 4.09. The molecule has 0 aromatic heterocycles. The Hall–Kier alpha value is -3.05. The van der Waals surface area contributed by atoms with Crippen molar-refractivity contribution in [3.05, 3.63) is 65.7 Å². The summed E-state index contributed by atoms with van der Waals surface area (Å²) in [7, 11) is 1.58. The van der Waals surface area contributed by atoms with Gasteiger partial charge >= 0.3 is 0 Å². The minimum Gasteiger partial charge on any atom is -0.497 e. The van der Waals surface area contributed by atoms with Crippen LogP contribution < -0.4 is 20.5 Å². The molecule has 1 aliphatic rings. The number of ether oxygens (including phenoxy) is 2. The van der Waals surface area contributed by atoms with Crippen LogP contribution in [-0.4, -0.2) is 25.2 Å². The number of nitrogens with one attached hydrogen (secondary N) is 1. The molecule has 0 atom stereocenters. The molecular weight excluding hydrogens is 340 g/mol. The topological polar surface area (TPSA) is 73.6 Å². The molecule has 3 N–H and O–H groups in total. The number of anilines is 1. The van der Waals surface area contributed by atoms with E-state index in [1.165, 1.54) is 0 Å². The van der Waals surface area contributed by atoms with Crippen molar-refractivity contribution in [1.29, 1.82) is 0 Å². The van der Waals surface area contributed by atoms with E-state index in [0.29, 0.717) is 11.4 Å². The van der Waals surface area contributed by atoms with Crippen LogP contribution in [0.2, 0.25) is 0 Å². The lowest BCUT2D eigenvalue weighted by Gasteiger charge is -2.28. The molecule has 2 aromatic rings. The number of carbonyl (C=O) groups excluding carboxylic acids is 1. The fraction of sp³-hybridized carbons (Fsp3) is 0.227. The summed E-state index contributed by atoms with van der Waals surface area (Å²) in [4.78, 5) is 11.8. The van der Waals surface area contributed by atoms with Crippen molar-refractivity contribution in [2.45, 2.75) is 19.4 Å². The van der Waals surface area contributed by atoms with Crippen LogP contribution >= 0.6 is 0 Å². The summed E-state index contributed by atoms with van der Waals surface area (Å²) in [6, 6.07) is 11.4. The molecule has 1 heterocycles. The Morgan fingerprint density at radius 2 is 2.04 bits per heavy atom. The summed E-state index contributed by atoms with van der Waals surface area (Å²) in [5, 5.41) is 2.82. The van der Waals surface area contributed by atoms with E-state index in [0.717, 1.165) is 28.0 Å². The Bertz CT molecular complexity index is 929. The molecule has 0 saturated heterocycles. The molecule has 140 valence electrons. The average Bonchev–Trinajstić information content (AvgIpc) is 2.66. The minimum absolute atomic E-state index is 0.0973. The van der Waals surface area contributed by atoms with E-state index in [9.17, 15) is 4.79 Å². The highest BCUT2D eigenvalue weighted by molar-refractivity contribution is 5.97. The van der Waals surface area contributed by atoms with Gasteiger partial charge in [0.25, 0.3) is 0 Å². The molecule has 0 radical (unpaired) electrons. The van der Waals surface area contributed by atoms with Crippen molar-refractivity contribution < 1.29 is 14.3 Å². The number of rotatable bonds is 5. The first kappa shape index (κ1) is 18.7. The van der Waals surface area contributed by atoms with Gasteiger partial charge in [-0.05, 0) is 55.3 Å². The van der Waals surface area contributed by atoms with E-state index in [-0.39, 0.29) is 18.1 Å². The number of hydrogen-bond donors (Lipinski definition) is 2. The van der Waals surface area contributed by atoms with Crippen LogP contribution in [0.4, 0.5) is 5.69 Å². The van der Waals surface area contributed by atoms with E-state index >= 15 is 0 Å². The highest BCUT2D eigenvalue weighted by atomic mass is 16.5. The van der Waals surface area contributed by atoms with Gasteiger partial charge in [-0.2, -0.15) is 0 Å². The van der Waals surface area contributed by atoms with Crippen molar-refractivity contribution in [1.82, 2.24) is 0 Å². The van der Waals surface area contributed by atoms with Crippen LogP contribution in [0.5, 0.6) is 11.5 Å². The van der Waals surface area contributed by atoms with Crippen LogP contribution in [-0.2, 0) is 4.79 Å². The van der Waals surface area contributed by atoms with Crippen LogP contribution in [0.25, 0.3) is 11.6 Å². The SMILES string of the molecule is C=C(c1ccc2c(c1)C=CC(C)(C)O2)c1ccc(OC)cc1NC(=O)CN. The number of nitrogens with two attached hydrogens (primary N) is 1. The lowest BCUT2D eigenvalue weighted by molar-refractivity contribution is -0.114. The first-order valence-electron chi connectivity index (χ1n) is 8.73. The van der Waals surface area contributed by atoms with E-state index in [4.69, 9.17) is 15.2 Å². The summed E-state index contributed by atoms with van der Waals surface area (Å²) >= 11 is 0. The van der Waals surface area contributed by atoms with Gasteiger partial charge in [-0.15, -0.1) is 0 Å². The molecule has 3 rings (SSSR count). The molecule has 1 amide bonds. The predicted octanol–water partition coefficient (Wildman–Crippen LogP) is 3.84. The third kappa shape index (κ3) is 4.04. The maximum atomic E-state index is 11.8. The first-order valence-corrected chi connectivity index (χ1v) is 8.73. The van der Waals surface area contributed by atoms with Crippen LogP contribution in [0.3, 0.4) is 0 Å². The maximum Gasteiger partial charge on any atom is 0.238 e. The van der Waals surface area contributed by atoms with Gasteiger partial charge in [0.1, 0.15) is 17.1 Å². The van der Waals surface area contributed by atoms with Crippen molar-refractivity contribution in [2.75, 3.05) is 19.0 Å². The minimum atomic E-state index is -0.318. The Labute approximate surface area is 159 Å². The zero-order valence-electron chi connectivity index (χ0n) is 15.8. The molecule has 1 aliphatic heterocycles. The second-order valence-electron chi connectivity index (χ2n) is 6.93. The van der Waals surface area contributed by atoms with Gasteiger partial charge in [-0.1, -0.05) is 18.7 Å². The number of carbonyl (C=O) groups is 1. The summed E-state index contributed by atoms with van der Waals surface area (Å²) in [5.41, 5.74) is 9.25. The summed E-state index contributed by atoms with van der Waals surface area (Å²) in [5.74, 6) is 1.20. The Balaban J connectivity index is 1.97. The summed E-state index contributed by atoms with van der Waals surface area (Å²) < 4.78 is 11.2. The molecule has 0 saturated carbocycles. The second kappa shape index (κ2) is 7.29. The van der Waals surface area contributed by atoms with Crippen molar-refractivity contribution in [3.8, 4) is 11.5 Å². The van der Waals surface area contributed by atoms with Gasteiger partial charge in [0.2, 0.25) is 5.91 Å². The highest BCUT2D eigenvalue weighted by Gasteiger charge is 2.22. The van der Waals surface area contributed by atoms with Gasteiger partial charge < -0.3 is 20.5 Å². The quantitative estimate of drug-likeness (QED) is 0.845. The number of fused-ring (bicyclic) bond motifs is 1. The van der Waals surface area contributed by atoms with E-state index in [1.807, 2.05) is 50.3 Å². The third-order valence-electron chi connectivity index (χ3n) is 4.41. The number of benzene rings is 2. The second-order valence-corrected chi connectivity index (χ2v) is 6.93. The molecule has 0 fully saturated rings. The number of hydrogen-bond acceptors (Lipinski definition) is 4. The molecule has 0 spiro atoms. The van der Waals surface area contributed by atoms with E-state index < -0.39 is 0 Å². The molecular formula is C22H24N2O3. The van der Waals surface area contributed by atoms with Crippen LogP contribution in [0.15, 0.2) is 49.1 Å². The largest absolute Gasteiger partial charge is 0.497 e. The number of amides is 1. The molecule has 0 unspecified atom stereocenters. The van der Waals surface area contributed by atoms with Gasteiger partial charge in [0.15, 0.2) is 0 Å². The highest BCUT2D eigenvalue weighted by Crippen LogP contribution is 2.36. The maximum absolute atomic E-state index is 11.8. The first-order chi connectivity index (χ1) is 12.8. The van der Waals surface area contributed by atoms with Crippen LogP contribution in [0, 0.1) is 0 Å². The lowest BCUT2D eigenvalue weighted by atomic mass is 9.94. The molecule has 5 nitrogen and oxygen atoms in total. The van der Waals surface area contributed by atoms with Gasteiger partial charge in [-0.25, -0.2) is 0 Å². The Morgan fingerprint density at radius 3 is 2.74 bits per heavy atom. The molecule has 5 heteroatoms. The van der Waals surface area contributed by atoms with Crippen molar-refractivity contribution in [2.24, 2.45) is 5.73 Å². The Morgan fingerprint density at radius 1 is 1.26 bits per heavy atom. The fourth-order valence-electron chi connectivity index (χ4n) is 2.94. The smallest absolute Gasteiger partial charge is 0.238 e. The number of methoxy groups -OCH3 is 1. The molecule has 0 aliphatic carbocycles. The van der Waals surface area contributed by atoms with Crippen LogP contribution in [0.1, 0.15) is 30.5 Å². The molecule has 0 bridgehead atoms. The standard InChI is InChI=1S/C22H24N2O3/c1-14(15-5-8-20-16(11-15)9-10-22(2,3)27-20)18-7-6-17(26-4)12-19(18)24-21(25)13-23/h5-12H,1,13,23H2,2-4H3,(H,24,25). The normalized spacial score (nSPS) is 14.1. The molecule has 2 aromatic carbocycles. The van der Waals surface area contributed by atoms with Gasteiger partial charge in [0.05, 0.1) is 19.3 Å². The average molecular weight is 364 g/mol. The lowest BCUT2D eigenvalue weighted by Crippen LogP contribution is -2.27. The Kier molecular flexibility index (Phi) is 5.06. The fourth-order valence-corrected chi connectivity index (χ4v) is 2.94. The zero-order valence-corrected chi connectivity index (χ0v) is 15.8. The predicted molar refractivity (Wildman–Crippen MR) is 109 cm³/mol. The molecule has 27 heavy (non-hydrogen) atoms. The van der Waals surface area contributed by atoms with Gasteiger partial charge in [-0.3, -0.25) is 4.79 Å². The zero-order chi connectivity index (χ0) is 19.6. The van der Waals surface area contributed by atoms with Gasteiger partial charge in [0, 0.05) is 17.2 Å². The van der Waals surface area contributed by atoms with E-state index in [2.05, 4.69) is 18.0 Å². The monoisotopic (exact) mass is 364 g/mol. The van der Waals surface area contributed by atoms with E-state index in [1.54, 1.807) is 13.2 Å². The van der Waals surface area contributed by atoms with Crippen molar-refractivity contribution >= 4 is 23.2 Å². The van der Waals surface area contributed by atoms with Crippen molar-refractivity contribution in [3.63, 3.8) is 0 Å².